The van der Waals surface area contributed by atoms with Gasteiger partial charge in [0.1, 0.15) is 0 Å². The van der Waals surface area contributed by atoms with Crippen molar-refractivity contribution in [3.63, 3.8) is 0 Å². The van der Waals surface area contributed by atoms with Crippen LogP contribution in [0.15, 0.2) is 30.3 Å². The van der Waals surface area contributed by atoms with E-state index in [9.17, 15) is 0 Å². The second-order valence-corrected chi connectivity index (χ2v) is 10.8. The van der Waals surface area contributed by atoms with Crippen molar-refractivity contribution >= 4 is 11.3 Å². The van der Waals surface area contributed by atoms with Crippen molar-refractivity contribution in [2.45, 2.75) is 59.8 Å². The van der Waals surface area contributed by atoms with Crippen LogP contribution in [-0.2, 0) is 0 Å². The normalized spacial score (nSPS) is 25.8. The molecule has 2 nitrogen and oxygen atoms in total. The Morgan fingerprint density at radius 2 is 1.67 bits per heavy atom. The molecular weight excluding hydrogens is 328 g/mol. The van der Waals surface area contributed by atoms with Crippen LogP contribution in [0, 0.1) is 16.7 Å². The second kappa shape index (κ2) is 7.28. The fourth-order valence-electron chi connectivity index (χ4n) is 5.79. The Morgan fingerprint density at radius 1 is 0.963 bits per heavy atom. The van der Waals surface area contributed by atoms with Gasteiger partial charge >= 0.3 is 0 Å². The first-order valence-electron chi connectivity index (χ1n) is 11.1. The first-order chi connectivity index (χ1) is 12.8. The lowest BCUT2D eigenvalue weighted by atomic mass is 9.65. The van der Waals surface area contributed by atoms with Gasteiger partial charge in [-0.1, -0.05) is 58.4 Å². The molecular formula is C25H38N2. The zero-order chi connectivity index (χ0) is 19.1. The van der Waals surface area contributed by atoms with Gasteiger partial charge in [-0.05, 0) is 54.1 Å². The molecule has 3 aliphatic rings. The lowest BCUT2D eigenvalue weighted by Crippen LogP contribution is -2.48. The molecule has 2 heteroatoms. The molecule has 0 N–H and O–H groups in total. The van der Waals surface area contributed by atoms with Crippen molar-refractivity contribution in [2.24, 2.45) is 16.7 Å². The molecule has 0 aromatic heterocycles. The highest BCUT2D eigenvalue weighted by molar-refractivity contribution is 5.78. The predicted molar refractivity (Wildman–Crippen MR) is 117 cm³/mol. The Kier molecular flexibility index (Phi) is 5.14. The van der Waals surface area contributed by atoms with Gasteiger partial charge in [0.25, 0.3) is 0 Å². The second-order valence-electron chi connectivity index (χ2n) is 10.8. The number of rotatable bonds is 4. The number of anilines is 1. The van der Waals surface area contributed by atoms with Crippen molar-refractivity contribution in [1.29, 1.82) is 0 Å². The molecule has 2 fully saturated rings. The van der Waals surface area contributed by atoms with Gasteiger partial charge in [0.15, 0.2) is 0 Å². The van der Waals surface area contributed by atoms with Gasteiger partial charge < -0.3 is 4.90 Å². The molecule has 1 aromatic carbocycles. The predicted octanol–water partition coefficient (Wildman–Crippen LogP) is 5.84. The number of allylic oxidation sites excluding steroid dienone is 2. The molecule has 1 aliphatic heterocycles. The van der Waals surface area contributed by atoms with Crippen molar-refractivity contribution < 1.29 is 0 Å². The highest BCUT2D eigenvalue weighted by Crippen LogP contribution is 2.48. The van der Waals surface area contributed by atoms with E-state index < -0.39 is 0 Å². The fraction of sp³-hybridized carbons (Fsp3) is 0.680. The van der Waals surface area contributed by atoms with E-state index in [-0.39, 0.29) is 5.41 Å². The summed E-state index contributed by atoms with van der Waals surface area (Å²) >= 11 is 0. The van der Waals surface area contributed by atoms with E-state index in [4.69, 9.17) is 0 Å². The van der Waals surface area contributed by atoms with Crippen LogP contribution in [0.1, 0.15) is 65.4 Å². The standard InChI is InChI=1S/C25H38N2/c1-24(2)16-21(17-25(3,4)19-24)22-10-5-6-11-23(22)27-14-12-26(13-15-27)18-20-8-7-9-20/h5-6,10-11,16,20H,7-9,12-15,17-19H2,1-4H3. The summed E-state index contributed by atoms with van der Waals surface area (Å²) in [6.45, 7) is 15.8. The molecule has 27 heavy (non-hydrogen) atoms. The van der Waals surface area contributed by atoms with Crippen LogP contribution in [0.25, 0.3) is 5.57 Å². The lowest BCUT2D eigenvalue weighted by Gasteiger charge is -2.42. The van der Waals surface area contributed by atoms with E-state index >= 15 is 0 Å². The molecule has 4 rings (SSSR count). The molecule has 1 heterocycles. The SMILES string of the molecule is CC1(C)C=C(c2ccccc2N2CCN(CC3CCC3)CC2)CC(C)(C)C1. The summed E-state index contributed by atoms with van der Waals surface area (Å²) in [6, 6.07) is 9.16. The van der Waals surface area contributed by atoms with Gasteiger partial charge in [-0.25, -0.2) is 0 Å². The molecule has 1 saturated heterocycles. The van der Waals surface area contributed by atoms with Crippen molar-refractivity contribution in [2.75, 3.05) is 37.6 Å². The fourth-order valence-corrected chi connectivity index (χ4v) is 5.79. The number of hydrogen-bond donors (Lipinski definition) is 0. The van der Waals surface area contributed by atoms with Gasteiger partial charge in [0.2, 0.25) is 0 Å². The average molecular weight is 367 g/mol. The molecule has 0 amide bonds. The van der Waals surface area contributed by atoms with Crippen LogP contribution in [0.5, 0.6) is 0 Å². The molecule has 0 radical (unpaired) electrons. The van der Waals surface area contributed by atoms with Crippen LogP contribution in [-0.4, -0.2) is 37.6 Å². The number of nitrogens with zero attached hydrogens (tertiary/aromatic N) is 2. The van der Waals surface area contributed by atoms with Gasteiger partial charge in [-0.15, -0.1) is 0 Å². The topological polar surface area (TPSA) is 6.48 Å². The molecule has 1 saturated carbocycles. The third-order valence-corrected chi connectivity index (χ3v) is 6.87. The summed E-state index contributed by atoms with van der Waals surface area (Å²) in [7, 11) is 0. The third-order valence-electron chi connectivity index (χ3n) is 6.87. The molecule has 0 spiro atoms. The van der Waals surface area contributed by atoms with Gasteiger partial charge in [-0.2, -0.15) is 0 Å². The smallest absolute Gasteiger partial charge is 0.0443 e. The van der Waals surface area contributed by atoms with Crippen LogP contribution < -0.4 is 4.90 Å². The highest BCUT2D eigenvalue weighted by atomic mass is 15.3. The van der Waals surface area contributed by atoms with Crippen LogP contribution in [0.2, 0.25) is 0 Å². The van der Waals surface area contributed by atoms with E-state index in [1.807, 2.05) is 0 Å². The summed E-state index contributed by atoms with van der Waals surface area (Å²) in [4.78, 5) is 5.34. The van der Waals surface area contributed by atoms with Gasteiger partial charge in [0, 0.05) is 44.0 Å². The molecule has 148 valence electrons. The molecule has 0 bridgehead atoms. The Morgan fingerprint density at radius 3 is 2.30 bits per heavy atom. The first-order valence-corrected chi connectivity index (χ1v) is 11.1. The minimum absolute atomic E-state index is 0.283. The van der Waals surface area contributed by atoms with E-state index in [1.165, 1.54) is 76.1 Å². The molecule has 1 aromatic rings. The maximum atomic E-state index is 2.70. The van der Waals surface area contributed by atoms with E-state index in [1.54, 1.807) is 5.57 Å². The number of benzene rings is 1. The zero-order valence-electron chi connectivity index (χ0n) is 17.9. The molecule has 0 unspecified atom stereocenters. The van der Waals surface area contributed by atoms with Crippen molar-refractivity contribution in [3.05, 3.63) is 35.9 Å². The molecule has 0 atom stereocenters. The van der Waals surface area contributed by atoms with Crippen molar-refractivity contribution in [1.82, 2.24) is 4.90 Å². The minimum Gasteiger partial charge on any atom is -0.368 e. The van der Waals surface area contributed by atoms with Gasteiger partial charge in [0.05, 0.1) is 0 Å². The van der Waals surface area contributed by atoms with Crippen LogP contribution >= 0.6 is 0 Å². The van der Waals surface area contributed by atoms with E-state index in [2.05, 4.69) is 67.8 Å². The Labute approximate surface area is 166 Å². The minimum atomic E-state index is 0.283. The number of hydrogen-bond acceptors (Lipinski definition) is 2. The summed E-state index contributed by atoms with van der Waals surface area (Å²) in [5.41, 5.74) is 5.16. The Balaban J connectivity index is 1.51. The largest absolute Gasteiger partial charge is 0.368 e. The molecule has 2 aliphatic carbocycles. The third kappa shape index (κ3) is 4.42. The van der Waals surface area contributed by atoms with Crippen LogP contribution in [0.4, 0.5) is 5.69 Å². The van der Waals surface area contributed by atoms with Gasteiger partial charge in [-0.3, -0.25) is 4.90 Å². The maximum absolute atomic E-state index is 2.70. The van der Waals surface area contributed by atoms with E-state index in [0.717, 1.165) is 5.92 Å². The average Bonchev–Trinajstić information content (AvgIpc) is 2.56. The monoisotopic (exact) mass is 366 g/mol. The number of para-hydroxylation sites is 1. The quantitative estimate of drug-likeness (QED) is 0.660. The lowest BCUT2D eigenvalue weighted by molar-refractivity contribution is 0.170. The first kappa shape index (κ1) is 19.1. The number of piperazine rings is 1. The Bertz CT molecular complexity index is 688. The summed E-state index contributed by atoms with van der Waals surface area (Å²) in [5.74, 6) is 0.987. The van der Waals surface area contributed by atoms with Crippen molar-refractivity contribution in [3.8, 4) is 0 Å². The summed E-state index contributed by atoms with van der Waals surface area (Å²) in [5, 5.41) is 0. The Hall–Kier alpha value is -1.28. The van der Waals surface area contributed by atoms with Crippen LogP contribution in [0.3, 0.4) is 0 Å². The van der Waals surface area contributed by atoms with E-state index in [0.29, 0.717) is 5.41 Å². The highest BCUT2D eigenvalue weighted by Gasteiger charge is 2.34. The zero-order valence-corrected chi connectivity index (χ0v) is 17.9. The summed E-state index contributed by atoms with van der Waals surface area (Å²) < 4.78 is 0. The summed E-state index contributed by atoms with van der Waals surface area (Å²) in [6.07, 6.45) is 9.40. The maximum Gasteiger partial charge on any atom is 0.0443 e.